The molecule has 0 aliphatic heterocycles. The van der Waals surface area contributed by atoms with Crippen molar-refractivity contribution in [3.63, 3.8) is 0 Å². The largest absolute Gasteiger partial charge is 0.441 e. The molecule has 1 N–H and O–H groups in total. The summed E-state index contributed by atoms with van der Waals surface area (Å²) in [5.41, 5.74) is 3.13. The molecule has 4 aromatic rings. The van der Waals surface area contributed by atoms with Crippen LogP contribution in [0.2, 0.25) is 5.02 Å². The van der Waals surface area contributed by atoms with Crippen LogP contribution in [0.25, 0.3) is 11.3 Å². The second-order valence-corrected chi connectivity index (χ2v) is 7.34. The second-order valence-electron chi connectivity index (χ2n) is 6.91. The van der Waals surface area contributed by atoms with Crippen molar-refractivity contribution in [2.45, 2.75) is 25.9 Å². The molecule has 0 bridgehead atoms. The molecule has 0 aliphatic carbocycles. The number of rotatable bonds is 8. The van der Waals surface area contributed by atoms with Crippen molar-refractivity contribution in [2.24, 2.45) is 0 Å². The lowest BCUT2D eigenvalue weighted by Crippen LogP contribution is -2.23. The van der Waals surface area contributed by atoms with Crippen LogP contribution in [0.5, 0.6) is 0 Å². The number of carbonyl (C=O) groups is 1. The molecule has 1 amide bonds. The standard InChI is InChI=1S/C23H21ClN4O2/c24-20-7-5-17(6-8-20)21-14-27-23(30-21)10-9-22(29)26-13-18-3-1-2-4-19(18)15-28-12-11-25-16-28/h1-8,11-12,14,16H,9-10,13,15H2,(H,26,29). The number of nitrogens with one attached hydrogen (secondary N) is 1. The van der Waals surface area contributed by atoms with Gasteiger partial charge in [0.2, 0.25) is 5.91 Å². The summed E-state index contributed by atoms with van der Waals surface area (Å²) < 4.78 is 7.76. The highest BCUT2D eigenvalue weighted by Gasteiger charge is 2.10. The van der Waals surface area contributed by atoms with Crippen LogP contribution in [0.1, 0.15) is 23.4 Å². The fourth-order valence-electron chi connectivity index (χ4n) is 3.14. The molecule has 6 nitrogen and oxygen atoms in total. The second kappa shape index (κ2) is 9.41. The van der Waals surface area contributed by atoms with Crippen molar-refractivity contribution in [1.82, 2.24) is 19.9 Å². The van der Waals surface area contributed by atoms with E-state index < -0.39 is 0 Å². The van der Waals surface area contributed by atoms with Gasteiger partial charge in [-0.25, -0.2) is 9.97 Å². The number of aryl methyl sites for hydroxylation is 1. The zero-order valence-electron chi connectivity index (χ0n) is 16.3. The molecule has 7 heteroatoms. The molecule has 0 unspecified atom stereocenters. The third-order valence-corrected chi connectivity index (χ3v) is 5.01. The van der Waals surface area contributed by atoms with Gasteiger partial charge in [-0.3, -0.25) is 4.79 Å². The maximum atomic E-state index is 12.3. The third-order valence-electron chi connectivity index (χ3n) is 4.75. The van der Waals surface area contributed by atoms with E-state index in [0.29, 0.717) is 36.1 Å². The molecule has 0 fully saturated rings. The van der Waals surface area contributed by atoms with E-state index in [1.807, 2.05) is 41.1 Å². The van der Waals surface area contributed by atoms with E-state index in [-0.39, 0.29) is 5.91 Å². The number of hydrogen-bond acceptors (Lipinski definition) is 4. The molecule has 0 atom stereocenters. The normalized spacial score (nSPS) is 10.8. The van der Waals surface area contributed by atoms with E-state index in [2.05, 4.69) is 21.4 Å². The van der Waals surface area contributed by atoms with E-state index in [9.17, 15) is 4.79 Å². The zero-order chi connectivity index (χ0) is 20.8. The van der Waals surface area contributed by atoms with Crippen molar-refractivity contribution in [3.05, 3.63) is 95.5 Å². The van der Waals surface area contributed by atoms with E-state index in [0.717, 1.165) is 23.2 Å². The summed E-state index contributed by atoms with van der Waals surface area (Å²) in [6.07, 6.45) is 7.88. The van der Waals surface area contributed by atoms with Crippen LogP contribution in [-0.4, -0.2) is 20.4 Å². The fraction of sp³-hybridized carbons (Fsp3) is 0.174. The Hall–Kier alpha value is -3.38. The Kier molecular flexibility index (Phi) is 6.25. The minimum Gasteiger partial charge on any atom is -0.441 e. The highest BCUT2D eigenvalue weighted by atomic mass is 35.5. The van der Waals surface area contributed by atoms with Crippen LogP contribution >= 0.6 is 11.6 Å². The maximum absolute atomic E-state index is 12.3. The van der Waals surface area contributed by atoms with Crippen LogP contribution in [-0.2, 0) is 24.3 Å². The molecule has 2 heterocycles. The summed E-state index contributed by atoms with van der Waals surface area (Å²) in [5, 5.41) is 3.65. The molecule has 2 aromatic heterocycles. The zero-order valence-corrected chi connectivity index (χ0v) is 17.0. The number of oxazole rings is 1. The van der Waals surface area contributed by atoms with Crippen LogP contribution in [0.15, 0.2) is 77.9 Å². The van der Waals surface area contributed by atoms with Gasteiger partial charge < -0.3 is 14.3 Å². The van der Waals surface area contributed by atoms with E-state index >= 15 is 0 Å². The van der Waals surface area contributed by atoms with Crippen molar-refractivity contribution in [1.29, 1.82) is 0 Å². The summed E-state index contributed by atoms with van der Waals surface area (Å²) in [5.74, 6) is 1.16. The average Bonchev–Trinajstić information content (AvgIpc) is 3.44. The predicted octanol–water partition coefficient (Wildman–Crippen LogP) is 4.49. The van der Waals surface area contributed by atoms with E-state index in [4.69, 9.17) is 16.0 Å². The van der Waals surface area contributed by atoms with Gasteiger partial charge in [0, 0.05) is 48.9 Å². The lowest BCUT2D eigenvalue weighted by atomic mass is 10.1. The molecule has 0 aliphatic rings. The summed E-state index contributed by atoms with van der Waals surface area (Å²) in [7, 11) is 0. The summed E-state index contributed by atoms with van der Waals surface area (Å²) >= 11 is 5.91. The summed E-state index contributed by atoms with van der Waals surface area (Å²) in [4.78, 5) is 20.7. The Labute approximate surface area is 179 Å². The Balaban J connectivity index is 1.29. The summed E-state index contributed by atoms with van der Waals surface area (Å²) in [6, 6.07) is 15.4. The quantitative estimate of drug-likeness (QED) is 0.456. The number of benzene rings is 2. The van der Waals surface area contributed by atoms with Gasteiger partial charge in [-0.2, -0.15) is 0 Å². The Bertz CT molecular complexity index is 1100. The lowest BCUT2D eigenvalue weighted by molar-refractivity contribution is -0.121. The number of amides is 1. The summed E-state index contributed by atoms with van der Waals surface area (Å²) in [6.45, 7) is 1.20. The molecule has 152 valence electrons. The van der Waals surface area contributed by atoms with Crippen LogP contribution < -0.4 is 5.32 Å². The molecule has 0 saturated carbocycles. The molecular formula is C23H21ClN4O2. The van der Waals surface area contributed by atoms with Gasteiger partial charge in [0.05, 0.1) is 12.5 Å². The first-order valence-corrected chi connectivity index (χ1v) is 10.0. The van der Waals surface area contributed by atoms with Crippen molar-refractivity contribution < 1.29 is 9.21 Å². The number of carbonyl (C=O) groups excluding carboxylic acids is 1. The number of aromatic nitrogens is 3. The van der Waals surface area contributed by atoms with Crippen molar-refractivity contribution >= 4 is 17.5 Å². The van der Waals surface area contributed by atoms with Gasteiger partial charge in [-0.05, 0) is 35.4 Å². The molecule has 0 spiro atoms. The molecule has 30 heavy (non-hydrogen) atoms. The number of imidazole rings is 1. The monoisotopic (exact) mass is 420 g/mol. The highest BCUT2D eigenvalue weighted by Crippen LogP contribution is 2.22. The van der Waals surface area contributed by atoms with Gasteiger partial charge in [0.1, 0.15) is 0 Å². The third kappa shape index (κ3) is 5.15. The maximum Gasteiger partial charge on any atom is 0.220 e. The first-order chi connectivity index (χ1) is 14.7. The topological polar surface area (TPSA) is 73.0 Å². The Morgan fingerprint density at radius 1 is 1.10 bits per heavy atom. The lowest BCUT2D eigenvalue weighted by Gasteiger charge is -2.11. The first-order valence-electron chi connectivity index (χ1n) is 9.67. The Morgan fingerprint density at radius 3 is 2.67 bits per heavy atom. The molecular weight excluding hydrogens is 400 g/mol. The smallest absolute Gasteiger partial charge is 0.220 e. The number of hydrogen-bond donors (Lipinski definition) is 1. The average molecular weight is 421 g/mol. The minimum absolute atomic E-state index is 0.0429. The van der Waals surface area contributed by atoms with Gasteiger partial charge in [0.15, 0.2) is 11.7 Å². The highest BCUT2D eigenvalue weighted by molar-refractivity contribution is 6.30. The predicted molar refractivity (Wildman–Crippen MR) is 115 cm³/mol. The van der Waals surface area contributed by atoms with Gasteiger partial charge in [0.25, 0.3) is 0 Å². The van der Waals surface area contributed by atoms with Gasteiger partial charge >= 0.3 is 0 Å². The molecule has 0 radical (unpaired) electrons. The number of nitrogens with zero attached hydrogens (tertiary/aromatic N) is 3. The minimum atomic E-state index is -0.0429. The van der Waals surface area contributed by atoms with E-state index in [1.165, 1.54) is 0 Å². The van der Waals surface area contributed by atoms with Crippen molar-refractivity contribution in [3.8, 4) is 11.3 Å². The molecule has 0 saturated heterocycles. The van der Waals surface area contributed by atoms with Crippen LogP contribution in [0.3, 0.4) is 0 Å². The SMILES string of the molecule is O=C(CCc1ncc(-c2ccc(Cl)cc2)o1)NCc1ccccc1Cn1ccnc1. The van der Waals surface area contributed by atoms with Gasteiger partial charge in [-0.1, -0.05) is 35.9 Å². The number of halogens is 1. The van der Waals surface area contributed by atoms with E-state index in [1.54, 1.807) is 30.9 Å². The fourth-order valence-corrected chi connectivity index (χ4v) is 3.26. The van der Waals surface area contributed by atoms with Crippen molar-refractivity contribution in [2.75, 3.05) is 0 Å². The molecule has 4 rings (SSSR count). The first kappa shape index (κ1) is 19.9. The van der Waals surface area contributed by atoms with Crippen LogP contribution in [0, 0.1) is 0 Å². The van der Waals surface area contributed by atoms with Crippen LogP contribution in [0.4, 0.5) is 0 Å². The molecule has 2 aromatic carbocycles. The Morgan fingerprint density at radius 2 is 1.90 bits per heavy atom. The van der Waals surface area contributed by atoms with Gasteiger partial charge in [-0.15, -0.1) is 0 Å².